The number of amides is 1. The molecule has 1 fully saturated rings. The number of ether oxygens (including phenoxy) is 1. The van der Waals surface area contributed by atoms with Gasteiger partial charge in [-0.25, -0.2) is 4.79 Å². The summed E-state index contributed by atoms with van der Waals surface area (Å²) in [5, 5.41) is 0. The lowest BCUT2D eigenvalue weighted by Gasteiger charge is -2.27. The molecule has 0 aliphatic carbocycles. The fourth-order valence-electron chi connectivity index (χ4n) is 2.17. The van der Waals surface area contributed by atoms with Crippen LogP contribution >= 0.6 is 0 Å². The maximum Gasteiger partial charge on any atom is 0.330 e. The van der Waals surface area contributed by atoms with Gasteiger partial charge in [0.2, 0.25) is 5.91 Å². The molecule has 1 aliphatic rings. The molecule has 1 heterocycles. The van der Waals surface area contributed by atoms with Gasteiger partial charge in [-0.15, -0.1) is 0 Å². The summed E-state index contributed by atoms with van der Waals surface area (Å²) in [6, 6.07) is -0.125. The van der Waals surface area contributed by atoms with E-state index < -0.39 is 5.97 Å². The fraction of sp³-hybridized carbons (Fsp3) is 0.643. The first-order chi connectivity index (χ1) is 9.04. The molecule has 1 saturated heterocycles. The second-order valence-electron chi connectivity index (χ2n) is 4.77. The molecule has 0 radical (unpaired) electrons. The van der Waals surface area contributed by atoms with E-state index in [1.54, 1.807) is 4.90 Å². The highest BCUT2D eigenvalue weighted by molar-refractivity contribution is 5.96. The Bertz CT molecular complexity index is 376. The minimum Gasteiger partial charge on any atom is -0.466 e. The van der Waals surface area contributed by atoms with Crippen molar-refractivity contribution in [2.24, 2.45) is 0 Å². The van der Waals surface area contributed by atoms with Gasteiger partial charge in [-0.3, -0.25) is 9.59 Å². The van der Waals surface area contributed by atoms with Gasteiger partial charge in [-0.1, -0.05) is 6.42 Å². The molecule has 19 heavy (non-hydrogen) atoms. The summed E-state index contributed by atoms with van der Waals surface area (Å²) < 4.78 is 4.41. The van der Waals surface area contributed by atoms with Gasteiger partial charge in [-0.2, -0.15) is 0 Å². The van der Waals surface area contributed by atoms with E-state index in [1.165, 1.54) is 13.2 Å². The Morgan fingerprint density at radius 1 is 1.32 bits per heavy atom. The molecule has 5 heteroatoms. The monoisotopic (exact) mass is 267 g/mol. The van der Waals surface area contributed by atoms with Crippen LogP contribution in [0.4, 0.5) is 0 Å². The number of nitrogens with zero attached hydrogens (tertiary/aromatic N) is 1. The Morgan fingerprint density at radius 2 is 2.05 bits per heavy atom. The van der Waals surface area contributed by atoms with Crippen molar-refractivity contribution in [3.8, 4) is 0 Å². The second kappa shape index (κ2) is 7.71. The van der Waals surface area contributed by atoms with Crippen molar-refractivity contribution < 1.29 is 19.1 Å². The molecule has 0 aromatic carbocycles. The summed E-state index contributed by atoms with van der Waals surface area (Å²) in [7, 11) is 1.26. The largest absolute Gasteiger partial charge is 0.466 e. The number of rotatable bonds is 5. The average Bonchev–Trinajstić information content (AvgIpc) is 2.60. The first kappa shape index (κ1) is 15.4. The number of ketones is 1. The van der Waals surface area contributed by atoms with Crippen LogP contribution in [0.15, 0.2) is 12.2 Å². The standard InChI is InChI=1S/C14H21NO4/c1-11(10-12(16)7-8-14(18)19-2)15-9-5-3-4-6-13(15)17/h7-8,11H,3-6,9-10H2,1-2H3/b8-7-. The van der Waals surface area contributed by atoms with E-state index >= 15 is 0 Å². The van der Waals surface area contributed by atoms with Crippen molar-refractivity contribution in [2.75, 3.05) is 13.7 Å². The van der Waals surface area contributed by atoms with E-state index in [2.05, 4.69) is 4.74 Å². The molecule has 0 saturated carbocycles. The minimum absolute atomic E-state index is 0.120. The zero-order valence-electron chi connectivity index (χ0n) is 11.6. The first-order valence-electron chi connectivity index (χ1n) is 6.63. The SMILES string of the molecule is COC(=O)/C=C\C(=O)CC(C)N1CCCCCC1=O. The molecule has 0 N–H and O–H groups in total. The highest BCUT2D eigenvalue weighted by Gasteiger charge is 2.22. The van der Waals surface area contributed by atoms with Crippen molar-refractivity contribution in [3.05, 3.63) is 12.2 Å². The van der Waals surface area contributed by atoms with Gasteiger partial charge in [0.05, 0.1) is 7.11 Å². The van der Waals surface area contributed by atoms with Crippen LogP contribution in [0.25, 0.3) is 0 Å². The number of hydrogen-bond donors (Lipinski definition) is 0. The van der Waals surface area contributed by atoms with Crippen LogP contribution in [0.3, 0.4) is 0 Å². The Labute approximate surface area is 113 Å². The van der Waals surface area contributed by atoms with Gasteiger partial charge >= 0.3 is 5.97 Å². The van der Waals surface area contributed by atoms with Crippen LogP contribution in [-0.2, 0) is 19.1 Å². The van der Waals surface area contributed by atoms with E-state index in [9.17, 15) is 14.4 Å². The van der Waals surface area contributed by atoms with Crippen molar-refractivity contribution in [1.82, 2.24) is 4.90 Å². The Hall–Kier alpha value is -1.65. The van der Waals surface area contributed by atoms with Crippen LogP contribution in [0.1, 0.15) is 39.0 Å². The van der Waals surface area contributed by atoms with Gasteiger partial charge < -0.3 is 9.64 Å². The van der Waals surface area contributed by atoms with E-state index in [0.29, 0.717) is 13.0 Å². The minimum atomic E-state index is -0.549. The van der Waals surface area contributed by atoms with Crippen molar-refractivity contribution >= 4 is 17.7 Å². The predicted molar refractivity (Wildman–Crippen MR) is 70.4 cm³/mol. The van der Waals surface area contributed by atoms with Crippen molar-refractivity contribution in [1.29, 1.82) is 0 Å². The summed E-state index contributed by atoms with van der Waals surface area (Å²) in [4.78, 5) is 36.2. The summed E-state index contributed by atoms with van der Waals surface area (Å²) in [6.45, 7) is 2.58. The molecule has 0 aromatic heterocycles. The first-order valence-corrected chi connectivity index (χ1v) is 6.63. The molecule has 0 spiro atoms. The molecular formula is C14H21NO4. The lowest BCUT2D eigenvalue weighted by Crippen LogP contribution is -2.39. The van der Waals surface area contributed by atoms with Crippen molar-refractivity contribution in [3.63, 3.8) is 0 Å². The highest BCUT2D eigenvalue weighted by atomic mass is 16.5. The molecule has 0 bridgehead atoms. The van der Waals surface area contributed by atoms with Crippen LogP contribution in [0.2, 0.25) is 0 Å². The highest BCUT2D eigenvalue weighted by Crippen LogP contribution is 2.15. The van der Waals surface area contributed by atoms with Crippen LogP contribution in [0.5, 0.6) is 0 Å². The Morgan fingerprint density at radius 3 is 2.74 bits per heavy atom. The number of hydrogen-bond acceptors (Lipinski definition) is 4. The smallest absolute Gasteiger partial charge is 0.330 e. The number of likely N-dealkylation sites (tertiary alicyclic amines) is 1. The van der Waals surface area contributed by atoms with Gasteiger partial charge in [0.1, 0.15) is 0 Å². The summed E-state index contributed by atoms with van der Waals surface area (Å²) >= 11 is 0. The average molecular weight is 267 g/mol. The van der Waals surface area contributed by atoms with Crippen LogP contribution in [0, 0.1) is 0 Å². The molecule has 5 nitrogen and oxygen atoms in total. The number of carbonyl (C=O) groups is 3. The van der Waals surface area contributed by atoms with Gasteiger partial charge in [0.15, 0.2) is 5.78 Å². The molecule has 1 rings (SSSR count). The number of methoxy groups -OCH3 is 1. The number of esters is 1. The molecular weight excluding hydrogens is 246 g/mol. The zero-order valence-corrected chi connectivity index (χ0v) is 11.6. The number of carbonyl (C=O) groups excluding carboxylic acids is 3. The molecule has 1 atom stereocenters. The third kappa shape index (κ3) is 5.24. The lowest BCUT2D eigenvalue weighted by molar-refractivity contribution is -0.135. The normalized spacial score (nSPS) is 18.2. The molecule has 1 aliphatic heterocycles. The van der Waals surface area contributed by atoms with Crippen LogP contribution in [-0.4, -0.2) is 42.3 Å². The van der Waals surface area contributed by atoms with Gasteiger partial charge in [0, 0.05) is 31.5 Å². The molecule has 0 aromatic rings. The topological polar surface area (TPSA) is 63.7 Å². The maximum absolute atomic E-state index is 11.9. The van der Waals surface area contributed by atoms with E-state index in [1.807, 2.05) is 6.92 Å². The summed E-state index contributed by atoms with van der Waals surface area (Å²) in [5.74, 6) is -0.600. The zero-order chi connectivity index (χ0) is 14.3. The third-order valence-electron chi connectivity index (χ3n) is 3.25. The van der Waals surface area contributed by atoms with E-state index in [4.69, 9.17) is 0 Å². The third-order valence-corrected chi connectivity index (χ3v) is 3.25. The predicted octanol–water partition coefficient (Wildman–Crippen LogP) is 1.47. The second-order valence-corrected chi connectivity index (χ2v) is 4.77. The van der Waals surface area contributed by atoms with Crippen LogP contribution < -0.4 is 0 Å². The van der Waals surface area contributed by atoms with E-state index in [0.717, 1.165) is 25.3 Å². The molecule has 1 unspecified atom stereocenters. The Balaban J connectivity index is 2.50. The molecule has 106 valence electrons. The van der Waals surface area contributed by atoms with Gasteiger partial charge in [-0.05, 0) is 25.8 Å². The quantitative estimate of drug-likeness (QED) is 0.559. The number of allylic oxidation sites excluding steroid dienone is 1. The van der Waals surface area contributed by atoms with E-state index in [-0.39, 0.29) is 24.2 Å². The lowest BCUT2D eigenvalue weighted by atomic mass is 10.1. The van der Waals surface area contributed by atoms with Crippen molar-refractivity contribution in [2.45, 2.75) is 45.1 Å². The summed E-state index contributed by atoms with van der Waals surface area (Å²) in [5.41, 5.74) is 0. The maximum atomic E-state index is 11.9. The summed E-state index contributed by atoms with van der Waals surface area (Å²) in [6.07, 6.45) is 6.10. The fourth-order valence-corrected chi connectivity index (χ4v) is 2.17. The Kier molecular flexibility index (Phi) is 6.25. The molecule has 1 amide bonds. The van der Waals surface area contributed by atoms with Gasteiger partial charge in [0.25, 0.3) is 0 Å².